The molecule has 0 aliphatic carbocycles. The average molecular weight is 392 g/mol. The SMILES string of the molecule is Cc1ccc(C(C)NC(=O)CN(Cc2ccccc2F)S(C)(=O)=O)cc1C. The second-order valence-electron chi connectivity index (χ2n) is 6.76. The molecule has 2 aromatic carbocycles. The molecule has 0 heterocycles. The van der Waals surface area contributed by atoms with Gasteiger partial charge in [-0.25, -0.2) is 12.8 Å². The minimum Gasteiger partial charge on any atom is -0.348 e. The fraction of sp³-hybridized carbons (Fsp3) is 0.350. The topological polar surface area (TPSA) is 66.5 Å². The number of carbonyl (C=O) groups excluding carboxylic acids is 1. The van der Waals surface area contributed by atoms with Crippen LogP contribution in [0.3, 0.4) is 0 Å². The third-order valence-electron chi connectivity index (χ3n) is 4.50. The number of hydrogen-bond acceptors (Lipinski definition) is 3. The highest BCUT2D eigenvalue weighted by atomic mass is 32.2. The van der Waals surface area contributed by atoms with Crippen molar-refractivity contribution in [2.45, 2.75) is 33.4 Å². The quantitative estimate of drug-likeness (QED) is 0.787. The van der Waals surface area contributed by atoms with E-state index in [4.69, 9.17) is 0 Å². The zero-order valence-electron chi connectivity index (χ0n) is 16.0. The third kappa shape index (κ3) is 5.87. The lowest BCUT2D eigenvalue weighted by molar-refractivity contribution is -0.122. The number of rotatable bonds is 7. The van der Waals surface area contributed by atoms with Crippen molar-refractivity contribution in [3.63, 3.8) is 0 Å². The molecule has 0 aliphatic rings. The summed E-state index contributed by atoms with van der Waals surface area (Å²) >= 11 is 0. The first-order valence-electron chi connectivity index (χ1n) is 8.63. The molecular weight excluding hydrogens is 367 g/mol. The molecule has 1 amide bonds. The molecule has 0 saturated carbocycles. The zero-order chi connectivity index (χ0) is 20.2. The van der Waals surface area contributed by atoms with Gasteiger partial charge in [0.15, 0.2) is 0 Å². The van der Waals surface area contributed by atoms with Gasteiger partial charge in [0.1, 0.15) is 5.82 Å². The van der Waals surface area contributed by atoms with Crippen molar-refractivity contribution in [3.05, 3.63) is 70.5 Å². The van der Waals surface area contributed by atoms with Gasteiger partial charge in [0.2, 0.25) is 15.9 Å². The van der Waals surface area contributed by atoms with Gasteiger partial charge in [-0.3, -0.25) is 4.79 Å². The lowest BCUT2D eigenvalue weighted by Gasteiger charge is -2.22. The summed E-state index contributed by atoms with van der Waals surface area (Å²) in [6, 6.07) is 11.6. The molecule has 7 heteroatoms. The van der Waals surface area contributed by atoms with Crippen LogP contribution in [0.1, 0.15) is 35.2 Å². The first-order valence-corrected chi connectivity index (χ1v) is 10.5. The molecule has 1 atom stereocenters. The highest BCUT2D eigenvalue weighted by Gasteiger charge is 2.22. The summed E-state index contributed by atoms with van der Waals surface area (Å²) in [7, 11) is -3.68. The van der Waals surface area contributed by atoms with Crippen molar-refractivity contribution in [2.75, 3.05) is 12.8 Å². The van der Waals surface area contributed by atoms with E-state index < -0.39 is 21.7 Å². The Labute approximate surface area is 160 Å². The Hall–Kier alpha value is -2.25. The summed E-state index contributed by atoms with van der Waals surface area (Å²) in [5.41, 5.74) is 3.43. The second-order valence-corrected chi connectivity index (χ2v) is 8.74. The fourth-order valence-corrected chi connectivity index (χ4v) is 3.40. The normalized spacial score (nSPS) is 12.8. The van der Waals surface area contributed by atoms with Gasteiger partial charge >= 0.3 is 0 Å². The largest absolute Gasteiger partial charge is 0.348 e. The summed E-state index contributed by atoms with van der Waals surface area (Å²) < 4.78 is 38.9. The molecule has 5 nitrogen and oxygen atoms in total. The van der Waals surface area contributed by atoms with Crippen LogP contribution in [0.4, 0.5) is 4.39 Å². The first-order chi connectivity index (χ1) is 12.6. The van der Waals surface area contributed by atoms with Crippen LogP contribution in [0.5, 0.6) is 0 Å². The minimum absolute atomic E-state index is 0.197. The number of benzene rings is 2. The van der Waals surface area contributed by atoms with E-state index in [2.05, 4.69) is 5.32 Å². The van der Waals surface area contributed by atoms with Gasteiger partial charge < -0.3 is 5.32 Å². The number of carbonyl (C=O) groups is 1. The molecule has 146 valence electrons. The van der Waals surface area contributed by atoms with Crippen LogP contribution in [0.2, 0.25) is 0 Å². The van der Waals surface area contributed by atoms with Gasteiger partial charge in [-0.15, -0.1) is 0 Å². The van der Waals surface area contributed by atoms with Crippen LogP contribution < -0.4 is 5.32 Å². The standard InChI is InChI=1S/C20H25FN2O3S/c1-14-9-10-17(11-15(14)2)16(3)22-20(24)13-23(27(4,25)26)12-18-7-5-6-8-19(18)21/h5-11,16H,12-13H2,1-4H3,(H,22,24). The van der Waals surface area contributed by atoms with E-state index >= 15 is 0 Å². The molecule has 1 unspecified atom stereocenters. The fourth-order valence-electron chi connectivity index (χ4n) is 2.67. The number of halogens is 1. The zero-order valence-corrected chi connectivity index (χ0v) is 16.8. The lowest BCUT2D eigenvalue weighted by atomic mass is 10.0. The van der Waals surface area contributed by atoms with Gasteiger partial charge in [0, 0.05) is 12.1 Å². The summed E-state index contributed by atoms with van der Waals surface area (Å²) in [4.78, 5) is 12.4. The van der Waals surface area contributed by atoms with Crippen molar-refractivity contribution in [3.8, 4) is 0 Å². The number of sulfonamides is 1. The van der Waals surface area contributed by atoms with Gasteiger partial charge in [-0.05, 0) is 43.5 Å². The highest BCUT2D eigenvalue weighted by Crippen LogP contribution is 2.17. The monoisotopic (exact) mass is 392 g/mol. The van der Waals surface area contributed by atoms with Crippen molar-refractivity contribution in [1.82, 2.24) is 9.62 Å². The number of aryl methyl sites for hydroxylation is 2. The van der Waals surface area contributed by atoms with E-state index in [1.807, 2.05) is 39.0 Å². The molecule has 1 N–H and O–H groups in total. The summed E-state index contributed by atoms with van der Waals surface area (Å²) in [6.07, 6.45) is 1.01. The molecule has 2 aromatic rings. The van der Waals surface area contributed by atoms with Crippen molar-refractivity contribution in [2.24, 2.45) is 0 Å². The second kappa shape index (κ2) is 8.63. The number of hydrogen-bond donors (Lipinski definition) is 1. The van der Waals surface area contributed by atoms with Gasteiger partial charge in [-0.2, -0.15) is 4.31 Å². The molecule has 0 bridgehead atoms. The Kier molecular flexibility index (Phi) is 6.73. The van der Waals surface area contributed by atoms with Crippen molar-refractivity contribution in [1.29, 1.82) is 0 Å². The van der Waals surface area contributed by atoms with Crippen LogP contribution in [-0.2, 0) is 21.4 Å². The molecule has 0 spiro atoms. The van der Waals surface area contributed by atoms with E-state index in [1.165, 1.54) is 18.2 Å². The Balaban J connectivity index is 2.09. The van der Waals surface area contributed by atoms with Crippen LogP contribution in [-0.4, -0.2) is 31.4 Å². The van der Waals surface area contributed by atoms with Crippen LogP contribution in [0.15, 0.2) is 42.5 Å². The van der Waals surface area contributed by atoms with Crippen molar-refractivity contribution >= 4 is 15.9 Å². The molecule has 0 fully saturated rings. The van der Waals surface area contributed by atoms with Gasteiger partial charge in [0.05, 0.1) is 18.8 Å². The average Bonchev–Trinajstić information content (AvgIpc) is 2.57. The maximum atomic E-state index is 13.9. The van der Waals surface area contributed by atoms with Crippen LogP contribution in [0, 0.1) is 19.7 Å². The van der Waals surface area contributed by atoms with Gasteiger partial charge in [-0.1, -0.05) is 36.4 Å². The molecule has 0 aromatic heterocycles. The number of amides is 1. The minimum atomic E-state index is -3.68. The predicted octanol–water partition coefficient (Wildman–Crippen LogP) is 3.08. The van der Waals surface area contributed by atoms with Gasteiger partial charge in [0.25, 0.3) is 0 Å². The Bertz CT molecular complexity index is 929. The Morgan fingerprint density at radius 3 is 2.41 bits per heavy atom. The molecule has 0 saturated heterocycles. The summed E-state index contributed by atoms with van der Waals surface area (Å²) in [5, 5.41) is 2.81. The molecule has 0 radical (unpaired) electrons. The summed E-state index contributed by atoms with van der Waals surface area (Å²) in [5.74, 6) is -0.947. The van der Waals surface area contributed by atoms with Crippen LogP contribution >= 0.6 is 0 Å². The smallest absolute Gasteiger partial charge is 0.235 e. The van der Waals surface area contributed by atoms with Crippen molar-refractivity contribution < 1.29 is 17.6 Å². The van der Waals surface area contributed by atoms with E-state index in [9.17, 15) is 17.6 Å². The summed E-state index contributed by atoms with van der Waals surface area (Å²) in [6.45, 7) is 5.27. The van der Waals surface area contributed by atoms with E-state index in [-0.39, 0.29) is 24.7 Å². The predicted molar refractivity (Wildman–Crippen MR) is 104 cm³/mol. The molecule has 27 heavy (non-hydrogen) atoms. The maximum absolute atomic E-state index is 13.9. The lowest BCUT2D eigenvalue weighted by Crippen LogP contribution is -2.40. The molecule has 2 rings (SSSR count). The van der Waals surface area contributed by atoms with E-state index in [0.717, 1.165) is 27.3 Å². The number of nitrogens with one attached hydrogen (secondary N) is 1. The first kappa shape index (κ1) is 21.1. The number of nitrogens with zero attached hydrogens (tertiary/aromatic N) is 1. The van der Waals surface area contributed by atoms with Crippen LogP contribution in [0.25, 0.3) is 0 Å². The van der Waals surface area contributed by atoms with E-state index in [1.54, 1.807) is 6.07 Å². The highest BCUT2D eigenvalue weighted by molar-refractivity contribution is 7.88. The third-order valence-corrected chi connectivity index (χ3v) is 5.70. The Morgan fingerprint density at radius 2 is 1.81 bits per heavy atom. The molecular formula is C20H25FN2O3S. The van der Waals surface area contributed by atoms with E-state index in [0.29, 0.717) is 0 Å². The maximum Gasteiger partial charge on any atom is 0.235 e. The Morgan fingerprint density at radius 1 is 1.15 bits per heavy atom. The molecule has 0 aliphatic heterocycles.